The van der Waals surface area contributed by atoms with Gasteiger partial charge < -0.3 is 9.26 Å². The van der Waals surface area contributed by atoms with Gasteiger partial charge in [-0.1, -0.05) is 32.6 Å². The third kappa shape index (κ3) is 6.76. The molecule has 0 saturated carbocycles. The van der Waals surface area contributed by atoms with Gasteiger partial charge in [0, 0.05) is 18.9 Å². The summed E-state index contributed by atoms with van der Waals surface area (Å²) in [4.78, 5) is 10.9. The number of carbonyl (C=O) groups excluding carboxylic acids is 1. The minimum absolute atomic E-state index is 0.0270. The summed E-state index contributed by atoms with van der Waals surface area (Å²) in [7, 11) is -2.85. The van der Waals surface area contributed by atoms with E-state index in [2.05, 4.69) is 6.92 Å². The Hall–Kier alpha value is -1.12. The molecule has 0 heterocycles. The summed E-state index contributed by atoms with van der Waals surface area (Å²) in [5.74, 6) is 0.0771. The normalized spacial score (nSPS) is 15.1. The molecule has 0 radical (unpaired) electrons. The molecular formula is C17H27O4P. The zero-order chi connectivity index (χ0) is 16.6. The van der Waals surface area contributed by atoms with Gasteiger partial charge in [0.15, 0.2) is 0 Å². The molecule has 0 aliphatic rings. The molecule has 22 heavy (non-hydrogen) atoms. The van der Waals surface area contributed by atoms with E-state index in [1.807, 2.05) is 6.92 Å². The number of rotatable bonds is 9. The van der Waals surface area contributed by atoms with Crippen molar-refractivity contribution in [2.45, 2.75) is 59.0 Å². The van der Waals surface area contributed by atoms with E-state index in [0.717, 1.165) is 12.8 Å². The third-order valence-corrected chi connectivity index (χ3v) is 5.41. The smallest absolute Gasteiger partial charge is 0.308 e. The van der Waals surface area contributed by atoms with E-state index in [4.69, 9.17) is 9.26 Å². The maximum Gasteiger partial charge on any atom is 0.308 e. The van der Waals surface area contributed by atoms with Crippen molar-refractivity contribution in [3.05, 3.63) is 24.3 Å². The van der Waals surface area contributed by atoms with E-state index in [1.165, 1.54) is 26.2 Å². The van der Waals surface area contributed by atoms with Crippen molar-refractivity contribution in [3.8, 4) is 5.75 Å². The standard InChI is InChI=1S/C17H27O4P/c1-5-6-7-8-9-14(2)21-22(4,19)17-12-10-16(11-13-17)20-15(3)18/h10-14H,5-9H2,1-4H3/t14-,22-/m1/s1. The van der Waals surface area contributed by atoms with Crippen LogP contribution in [0.5, 0.6) is 5.75 Å². The number of benzene rings is 1. The van der Waals surface area contributed by atoms with Gasteiger partial charge in [0.2, 0.25) is 7.37 Å². The van der Waals surface area contributed by atoms with Gasteiger partial charge in [-0.3, -0.25) is 9.36 Å². The second-order valence-electron chi connectivity index (χ2n) is 5.70. The van der Waals surface area contributed by atoms with Crippen LogP contribution in [0.25, 0.3) is 0 Å². The van der Waals surface area contributed by atoms with Gasteiger partial charge >= 0.3 is 5.97 Å². The van der Waals surface area contributed by atoms with E-state index in [9.17, 15) is 9.36 Å². The fourth-order valence-corrected chi connectivity index (χ4v) is 3.87. The third-order valence-electron chi connectivity index (χ3n) is 3.41. The number of hydrogen-bond acceptors (Lipinski definition) is 4. The molecule has 0 bridgehead atoms. The topological polar surface area (TPSA) is 52.6 Å². The van der Waals surface area contributed by atoms with Crippen LogP contribution in [0.1, 0.15) is 52.9 Å². The molecule has 0 fully saturated rings. The molecular weight excluding hydrogens is 299 g/mol. The summed E-state index contributed by atoms with van der Waals surface area (Å²) < 4.78 is 23.5. The van der Waals surface area contributed by atoms with Gasteiger partial charge in [-0.15, -0.1) is 0 Å². The molecule has 0 spiro atoms. The first-order valence-electron chi connectivity index (χ1n) is 7.90. The lowest BCUT2D eigenvalue weighted by molar-refractivity contribution is -0.131. The van der Waals surface area contributed by atoms with Gasteiger partial charge in [0.05, 0.1) is 6.10 Å². The molecule has 124 valence electrons. The van der Waals surface area contributed by atoms with Gasteiger partial charge in [-0.05, 0) is 37.6 Å². The minimum atomic E-state index is -2.85. The Morgan fingerprint density at radius 3 is 2.36 bits per heavy atom. The molecule has 1 aromatic rings. The Balaban J connectivity index is 2.57. The summed E-state index contributed by atoms with van der Waals surface area (Å²) >= 11 is 0. The van der Waals surface area contributed by atoms with Crippen LogP contribution in [-0.2, 0) is 13.9 Å². The Labute approximate surface area is 133 Å². The van der Waals surface area contributed by atoms with Gasteiger partial charge in [-0.25, -0.2) is 0 Å². The highest BCUT2D eigenvalue weighted by molar-refractivity contribution is 7.66. The van der Waals surface area contributed by atoms with Crippen molar-refractivity contribution < 1.29 is 18.6 Å². The molecule has 0 N–H and O–H groups in total. The molecule has 0 amide bonds. The SMILES string of the molecule is CCCCCC[C@@H](C)O[P@@](C)(=O)c1ccc(OC(C)=O)cc1. The number of unbranched alkanes of at least 4 members (excludes halogenated alkanes) is 3. The molecule has 2 atom stereocenters. The largest absolute Gasteiger partial charge is 0.427 e. The van der Waals surface area contributed by atoms with Crippen molar-refractivity contribution in [2.75, 3.05) is 6.66 Å². The van der Waals surface area contributed by atoms with Gasteiger partial charge in [-0.2, -0.15) is 0 Å². The molecule has 0 aromatic heterocycles. The average molecular weight is 326 g/mol. The fraction of sp³-hybridized carbons (Fsp3) is 0.588. The highest BCUT2D eigenvalue weighted by atomic mass is 31.2. The van der Waals surface area contributed by atoms with Gasteiger partial charge in [0.25, 0.3) is 0 Å². The van der Waals surface area contributed by atoms with Crippen molar-refractivity contribution >= 4 is 18.6 Å². The summed E-state index contributed by atoms with van der Waals surface area (Å²) in [6, 6.07) is 6.68. The summed E-state index contributed by atoms with van der Waals surface area (Å²) in [5.41, 5.74) is 0. The van der Waals surface area contributed by atoms with Crippen molar-refractivity contribution in [2.24, 2.45) is 0 Å². The number of carbonyl (C=O) groups is 1. The second-order valence-corrected chi connectivity index (χ2v) is 8.12. The summed E-state index contributed by atoms with van der Waals surface area (Å²) in [6.07, 6.45) is 5.62. The molecule has 5 heteroatoms. The van der Waals surface area contributed by atoms with Crippen LogP contribution in [0, 0.1) is 0 Å². The first-order chi connectivity index (χ1) is 10.3. The lowest BCUT2D eigenvalue weighted by Gasteiger charge is -2.20. The first-order valence-corrected chi connectivity index (χ1v) is 9.97. The predicted octanol–water partition coefficient (Wildman–Crippen LogP) is 4.52. The van der Waals surface area contributed by atoms with Crippen LogP contribution in [0.3, 0.4) is 0 Å². The quantitative estimate of drug-likeness (QED) is 0.290. The zero-order valence-corrected chi connectivity index (χ0v) is 14.9. The molecule has 0 aliphatic carbocycles. The van der Waals surface area contributed by atoms with Crippen molar-refractivity contribution in [3.63, 3.8) is 0 Å². The van der Waals surface area contributed by atoms with E-state index in [-0.39, 0.29) is 12.1 Å². The monoisotopic (exact) mass is 326 g/mol. The Morgan fingerprint density at radius 1 is 1.18 bits per heavy atom. The Bertz CT molecular complexity index is 510. The lowest BCUT2D eigenvalue weighted by atomic mass is 10.1. The van der Waals surface area contributed by atoms with E-state index in [1.54, 1.807) is 30.9 Å². The van der Waals surface area contributed by atoms with Crippen molar-refractivity contribution in [1.82, 2.24) is 0 Å². The van der Waals surface area contributed by atoms with Crippen LogP contribution in [0.2, 0.25) is 0 Å². The fourth-order valence-electron chi connectivity index (χ4n) is 2.27. The van der Waals surface area contributed by atoms with Crippen LogP contribution in [0.15, 0.2) is 24.3 Å². The van der Waals surface area contributed by atoms with Crippen LogP contribution in [0.4, 0.5) is 0 Å². The van der Waals surface area contributed by atoms with Gasteiger partial charge in [0.1, 0.15) is 5.75 Å². The summed E-state index contributed by atoms with van der Waals surface area (Å²) in [6.45, 7) is 7.13. The number of esters is 1. The van der Waals surface area contributed by atoms with Crippen LogP contribution in [-0.4, -0.2) is 18.7 Å². The van der Waals surface area contributed by atoms with E-state index < -0.39 is 7.37 Å². The lowest BCUT2D eigenvalue weighted by Crippen LogP contribution is -2.13. The van der Waals surface area contributed by atoms with Crippen LogP contribution < -0.4 is 10.0 Å². The first kappa shape index (κ1) is 18.9. The molecule has 0 unspecified atom stereocenters. The average Bonchev–Trinajstić information content (AvgIpc) is 2.43. The molecule has 1 rings (SSSR count). The molecule has 1 aromatic carbocycles. The van der Waals surface area contributed by atoms with Crippen molar-refractivity contribution in [1.29, 1.82) is 0 Å². The van der Waals surface area contributed by atoms with E-state index >= 15 is 0 Å². The molecule has 0 aliphatic heterocycles. The van der Waals surface area contributed by atoms with E-state index in [0.29, 0.717) is 11.1 Å². The molecule has 4 nitrogen and oxygen atoms in total. The zero-order valence-electron chi connectivity index (χ0n) is 14.0. The highest BCUT2D eigenvalue weighted by Crippen LogP contribution is 2.43. The second kappa shape index (κ2) is 9.12. The minimum Gasteiger partial charge on any atom is -0.427 e. The maximum absolute atomic E-state index is 12.7. The Morgan fingerprint density at radius 2 is 1.82 bits per heavy atom. The maximum atomic E-state index is 12.7. The Kier molecular flexibility index (Phi) is 7.84. The number of ether oxygens (including phenoxy) is 1. The highest BCUT2D eigenvalue weighted by Gasteiger charge is 2.22. The predicted molar refractivity (Wildman–Crippen MR) is 90.2 cm³/mol. The van der Waals surface area contributed by atoms with Crippen LogP contribution >= 0.6 is 7.37 Å². The number of hydrogen-bond donors (Lipinski definition) is 0. The molecule has 0 saturated heterocycles. The summed E-state index contributed by atoms with van der Waals surface area (Å²) in [5, 5.41) is 0.642.